The number of alkyl halides is 3. The maximum absolute atomic E-state index is 13.2. The molecule has 1 aliphatic heterocycles. The monoisotopic (exact) mass is 404 g/mol. The van der Waals surface area contributed by atoms with E-state index >= 15 is 0 Å². The number of carbonyl (C=O) groups excluding carboxylic acids is 3. The largest absolute Gasteiger partial charge is 0.418 e. The van der Waals surface area contributed by atoms with Gasteiger partial charge in [0.25, 0.3) is 0 Å². The first-order chi connectivity index (χ1) is 13.7. The molecule has 0 unspecified atom stereocenters. The summed E-state index contributed by atoms with van der Waals surface area (Å²) in [4.78, 5) is 39.7. The van der Waals surface area contributed by atoms with E-state index in [2.05, 4.69) is 5.32 Å². The third kappa shape index (κ3) is 2.57. The topological polar surface area (TPSA) is 66.5 Å². The van der Waals surface area contributed by atoms with Crippen LogP contribution >= 0.6 is 0 Å². The van der Waals surface area contributed by atoms with Crippen molar-refractivity contribution in [3.63, 3.8) is 0 Å². The van der Waals surface area contributed by atoms with Gasteiger partial charge in [-0.3, -0.25) is 19.3 Å². The molecule has 2 saturated carbocycles. The number of benzene rings is 1. The van der Waals surface area contributed by atoms with Crippen molar-refractivity contribution in [2.45, 2.75) is 25.6 Å². The molecule has 1 saturated heterocycles. The van der Waals surface area contributed by atoms with Gasteiger partial charge in [0.2, 0.25) is 17.7 Å². The van der Waals surface area contributed by atoms with Crippen molar-refractivity contribution < 1.29 is 27.6 Å². The van der Waals surface area contributed by atoms with E-state index in [9.17, 15) is 27.6 Å². The van der Waals surface area contributed by atoms with Gasteiger partial charge in [-0.15, -0.1) is 0 Å². The number of halogens is 3. The molecule has 152 valence electrons. The van der Waals surface area contributed by atoms with Crippen molar-refractivity contribution in [3.05, 3.63) is 42.0 Å². The Morgan fingerprint density at radius 2 is 1.62 bits per heavy atom. The lowest BCUT2D eigenvalue weighted by molar-refractivity contribution is -0.146. The Labute approximate surface area is 164 Å². The molecule has 1 N–H and O–H groups in total. The summed E-state index contributed by atoms with van der Waals surface area (Å²) < 4.78 is 39.5. The SMILES string of the molecule is C[C@H](C(=O)Nc1ccccc1C(F)(F)F)N1C(=O)[C@@H]2[C@H]3C=C[C@@H]([C@@H]4C[C@H]34)[C@H]2C1=O. The van der Waals surface area contributed by atoms with Crippen LogP contribution in [0.4, 0.5) is 18.9 Å². The summed E-state index contributed by atoms with van der Waals surface area (Å²) in [5.41, 5.74) is -1.37. The first-order valence-electron chi connectivity index (χ1n) is 9.72. The van der Waals surface area contributed by atoms with Crippen molar-refractivity contribution in [2.75, 3.05) is 5.32 Å². The molecular formula is C21H19F3N2O3. The third-order valence-electron chi connectivity index (χ3n) is 6.95. The Hall–Kier alpha value is -2.64. The van der Waals surface area contributed by atoms with Crippen LogP contribution in [-0.4, -0.2) is 28.7 Å². The molecule has 0 aromatic heterocycles. The van der Waals surface area contributed by atoms with Gasteiger partial charge in [-0.1, -0.05) is 24.3 Å². The molecule has 29 heavy (non-hydrogen) atoms. The molecule has 5 nitrogen and oxygen atoms in total. The standard InChI is InChI=1S/C21H19F3N2O3/c1-9(18(27)25-15-5-3-2-4-14(15)21(22,23)24)26-19(28)16-10-6-7-11(13-8-12(10)13)17(16)20(26)29/h2-7,9-13,16-17H,8H2,1H3,(H,25,27)/t9-,10+,11+,12-,13+,16-,17-/m1/s1. The average molecular weight is 404 g/mol. The number of nitrogens with zero attached hydrogens (tertiary/aromatic N) is 1. The molecule has 8 heteroatoms. The summed E-state index contributed by atoms with van der Waals surface area (Å²) in [7, 11) is 0. The second-order valence-corrected chi connectivity index (χ2v) is 8.41. The molecule has 1 aromatic carbocycles. The minimum atomic E-state index is -4.63. The number of amides is 3. The van der Waals surface area contributed by atoms with Crippen molar-refractivity contribution in [3.8, 4) is 0 Å². The van der Waals surface area contributed by atoms with Gasteiger partial charge in [-0.2, -0.15) is 13.2 Å². The van der Waals surface area contributed by atoms with Gasteiger partial charge < -0.3 is 5.32 Å². The number of allylic oxidation sites excluding steroid dienone is 2. The molecule has 3 amide bonds. The van der Waals surface area contributed by atoms with Crippen LogP contribution in [0.5, 0.6) is 0 Å². The Balaban J connectivity index is 1.38. The van der Waals surface area contributed by atoms with Gasteiger partial charge in [0.05, 0.1) is 23.1 Å². The molecule has 2 bridgehead atoms. The fourth-order valence-electron chi connectivity index (χ4n) is 5.56. The van der Waals surface area contributed by atoms with Crippen molar-refractivity contribution in [1.29, 1.82) is 0 Å². The Kier molecular flexibility index (Phi) is 3.76. The zero-order chi connectivity index (χ0) is 20.7. The molecule has 7 atom stereocenters. The Bertz CT molecular complexity index is 921. The van der Waals surface area contributed by atoms with E-state index in [4.69, 9.17) is 0 Å². The quantitative estimate of drug-likeness (QED) is 0.622. The lowest BCUT2D eigenvalue weighted by Gasteiger charge is -2.37. The van der Waals surface area contributed by atoms with Gasteiger partial charge in [0, 0.05) is 0 Å². The Morgan fingerprint density at radius 3 is 2.17 bits per heavy atom. The van der Waals surface area contributed by atoms with Crippen molar-refractivity contribution >= 4 is 23.4 Å². The highest BCUT2D eigenvalue weighted by Crippen LogP contribution is 2.65. The van der Waals surface area contributed by atoms with Crippen LogP contribution in [0.2, 0.25) is 0 Å². The number of nitrogens with one attached hydrogen (secondary N) is 1. The fraction of sp³-hybridized carbons (Fsp3) is 0.476. The predicted octanol–water partition coefficient (Wildman–Crippen LogP) is 3.09. The number of carbonyl (C=O) groups is 3. The third-order valence-corrected chi connectivity index (χ3v) is 6.95. The van der Waals surface area contributed by atoms with Crippen LogP contribution in [-0.2, 0) is 20.6 Å². The zero-order valence-electron chi connectivity index (χ0n) is 15.5. The van der Waals surface area contributed by atoms with E-state index in [1.165, 1.54) is 19.1 Å². The van der Waals surface area contributed by atoms with Gasteiger partial charge in [0.1, 0.15) is 6.04 Å². The van der Waals surface area contributed by atoms with Gasteiger partial charge in [0.15, 0.2) is 0 Å². The zero-order valence-corrected chi connectivity index (χ0v) is 15.5. The molecule has 0 spiro atoms. The lowest BCUT2D eigenvalue weighted by Crippen LogP contribution is -2.46. The van der Waals surface area contributed by atoms with Crippen LogP contribution < -0.4 is 5.32 Å². The molecule has 6 rings (SSSR count). The first kappa shape index (κ1) is 18.4. The lowest BCUT2D eigenvalue weighted by atomic mass is 9.63. The van der Waals surface area contributed by atoms with Crippen LogP contribution in [0.15, 0.2) is 36.4 Å². The highest BCUT2D eigenvalue weighted by Gasteiger charge is 2.67. The average Bonchev–Trinajstić information content (AvgIpc) is 3.45. The summed E-state index contributed by atoms with van der Waals surface area (Å²) in [6, 6.07) is 3.45. The highest BCUT2D eigenvalue weighted by molar-refractivity contribution is 6.10. The summed E-state index contributed by atoms with van der Waals surface area (Å²) in [6.07, 6.45) is 0.450. The normalized spacial score (nSPS) is 35.4. The fourth-order valence-corrected chi connectivity index (χ4v) is 5.56. The molecule has 3 fully saturated rings. The van der Waals surface area contributed by atoms with E-state index in [1.807, 2.05) is 12.2 Å². The van der Waals surface area contributed by atoms with Crippen LogP contribution in [0.3, 0.4) is 0 Å². The molecular weight excluding hydrogens is 385 g/mol. The number of likely N-dealkylation sites (tertiary alicyclic amines) is 1. The maximum Gasteiger partial charge on any atom is 0.418 e. The van der Waals surface area contributed by atoms with Crippen molar-refractivity contribution in [2.24, 2.45) is 35.5 Å². The van der Waals surface area contributed by atoms with Crippen LogP contribution in [0, 0.1) is 35.5 Å². The van der Waals surface area contributed by atoms with Crippen LogP contribution in [0.25, 0.3) is 0 Å². The summed E-state index contributed by atoms with van der Waals surface area (Å²) in [5.74, 6) is -1.54. The maximum atomic E-state index is 13.2. The first-order valence-corrected chi connectivity index (χ1v) is 9.72. The second kappa shape index (κ2) is 5.93. The predicted molar refractivity (Wildman–Crippen MR) is 96.1 cm³/mol. The molecule has 1 aromatic rings. The molecule has 0 radical (unpaired) electrons. The van der Waals surface area contributed by atoms with E-state index in [-0.39, 0.29) is 23.7 Å². The molecule has 5 aliphatic rings. The van der Waals surface area contributed by atoms with E-state index in [0.717, 1.165) is 23.5 Å². The second-order valence-electron chi connectivity index (χ2n) is 8.41. The highest BCUT2D eigenvalue weighted by atomic mass is 19.4. The Morgan fingerprint density at radius 1 is 1.07 bits per heavy atom. The van der Waals surface area contributed by atoms with Gasteiger partial charge >= 0.3 is 6.18 Å². The summed E-state index contributed by atoms with van der Waals surface area (Å²) >= 11 is 0. The number of hydrogen-bond acceptors (Lipinski definition) is 3. The number of para-hydroxylation sites is 1. The van der Waals surface area contributed by atoms with Crippen LogP contribution in [0.1, 0.15) is 18.9 Å². The van der Waals surface area contributed by atoms with E-state index in [1.54, 1.807) is 0 Å². The minimum absolute atomic E-state index is 0.0256. The van der Waals surface area contributed by atoms with E-state index < -0.39 is 41.2 Å². The van der Waals surface area contributed by atoms with Gasteiger partial charge in [-0.25, -0.2) is 0 Å². The van der Waals surface area contributed by atoms with Gasteiger partial charge in [-0.05, 0) is 49.1 Å². The number of rotatable bonds is 3. The summed E-state index contributed by atoms with van der Waals surface area (Å²) in [6.45, 7) is 1.38. The molecule has 4 aliphatic carbocycles. The minimum Gasteiger partial charge on any atom is -0.324 e. The smallest absolute Gasteiger partial charge is 0.324 e. The van der Waals surface area contributed by atoms with Crippen molar-refractivity contribution in [1.82, 2.24) is 4.90 Å². The number of anilines is 1. The number of imide groups is 1. The summed E-state index contributed by atoms with van der Waals surface area (Å²) in [5, 5.41) is 2.25. The molecule has 1 heterocycles. The number of hydrogen-bond donors (Lipinski definition) is 1. The van der Waals surface area contributed by atoms with E-state index in [0.29, 0.717) is 11.8 Å².